The lowest BCUT2D eigenvalue weighted by Crippen LogP contribution is -2.40. The van der Waals surface area contributed by atoms with Crippen molar-refractivity contribution in [2.45, 2.75) is 18.9 Å². The number of aryl methyl sites for hydroxylation is 1. The Morgan fingerprint density at radius 3 is 2.91 bits per heavy atom. The maximum Gasteiger partial charge on any atom is 0.260 e. The lowest BCUT2D eigenvalue weighted by molar-refractivity contribution is 0.174. The lowest BCUT2D eigenvalue weighted by Gasteiger charge is -2.32. The topological polar surface area (TPSA) is 55.7 Å². The maximum absolute atomic E-state index is 15.6. The third-order valence-corrected chi connectivity index (χ3v) is 6.59. The zero-order chi connectivity index (χ0) is 22.0. The zero-order valence-electron chi connectivity index (χ0n) is 17.5. The van der Waals surface area contributed by atoms with Crippen molar-refractivity contribution in [2.24, 2.45) is 7.05 Å². The summed E-state index contributed by atoms with van der Waals surface area (Å²) in [7, 11) is 1.63. The van der Waals surface area contributed by atoms with Gasteiger partial charge in [-0.05, 0) is 42.7 Å². The molecule has 1 N–H and O–H groups in total. The number of hydrogen-bond acceptors (Lipinski definition) is 5. The van der Waals surface area contributed by atoms with Crippen molar-refractivity contribution in [2.75, 3.05) is 19.9 Å². The Morgan fingerprint density at radius 1 is 1.19 bits per heavy atom. The molecule has 0 fully saturated rings. The number of fused-ring (bicyclic) bond motifs is 3. The molecule has 0 saturated heterocycles. The Bertz CT molecular complexity index is 1310. The standard InChI is InChI=1S/C24H21F2N3O3/c1-28-8-6-14-16(25)11-15-20-17(4-7-27-22(20)21(14)24(28)30)29(23(15)26)9-5-13-2-3-18-19(10-13)32-12-31-18/h2-3,6,8,10-11,17,27H,4-5,7,9,12H2,1H3. The Kier molecular flexibility index (Phi) is 4.18. The molecule has 32 heavy (non-hydrogen) atoms. The molecule has 6 nitrogen and oxygen atoms in total. The van der Waals surface area contributed by atoms with Gasteiger partial charge < -0.3 is 24.3 Å². The summed E-state index contributed by atoms with van der Waals surface area (Å²) in [5, 5.41) is 3.26. The molecule has 8 heteroatoms. The molecule has 4 aliphatic rings. The molecule has 1 aromatic carbocycles. The fraction of sp³-hybridized carbons (Fsp3) is 0.292. The smallest absolute Gasteiger partial charge is 0.260 e. The predicted octanol–water partition coefficient (Wildman–Crippen LogP) is 3.25. The van der Waals surface area contributed by atoms with E-state index in [2.05, 4.69) is 5.32 Å². The number of aromatic nitrogens is 1. The Hall–Kier alpha value is -3.55. The van der Waals surface area contributed by atoms with Crippen LogP contribution in [0.5, 0.6) is 11.5 Å². The normalized spacial score (nSPS) is 20.7. The van der Waals surface area contributed by atoms with E-state index in [1.165, 1.54) is 16.8 Å². The maximum atomic E-state index is 15.6. The molecular formula is C24H21F2N3O3. The molecule has 0 radical (unpaired) electrons. The van der Waals surface area contributed by atoms with Gasteiger partial charge in [-0.25, -0.2) is 4.39 Å². The van der Waals surface area contributed by atoms with Gasteiger partial charge in [-0.3, -0.25) is 4.79 Å². The molecule has 0 amide bonds. The van der Waals surface area contributed by atoms with Gasteiger partial charge in [-0.1, -0.05) is 6.07 Å². The van der Waals surface area contributed by atoms with Crippen molar-refractivity contribution in [3.63, 3.8) is 0 Å². The molecule has 164 valence electrons. The first-order valence-corrected chi connectivity index (χ1v) is 10.6. The van der Waals surface area contributed by atoms with Crippen LogP contribution in [0.3, 0.4) is 0 Å². The number of nitrogens with one attached hydrogen (secondary N) is 1. The average Bonchev–Trinajstić information content (AvgIpc) is 3.32. The van der Waals surface area contributed by atoms with E-state index in [4.69, 9.17) is 9.47 Å². The summed E-state index contributed by atoms with van der Waals surface area (Å²) >= 11 is 0. The van der Waals surface area contributed by atoms with Crippen LogP contribution in [-0.2, 0) is 13.5 Å². The van der Waals surface area contributed by atoms with E-state index in [-0.39, 0.29) is 35.1 Å². The van der Waals surface area contributed by atoms with Crippen LogP contribution in [0.1, 0.15) is 23.1 Å². The van der Waals surface area contributed by atoms with Crippen LogP contribution >= 0.6 is 0 Å². The van der Waals surface area contributed by atoms with E-state index < -0.39 is 11.8 Å². The van der Waals surface area contributed by atoms with Gasteiger partial charge in [0.05, 0.1) is 17.3 Å². The predicted molar refractivity (Wildman–Crippen MR) is 115 cm³/mol. The van der Waals surface area contributed by atoms with Gasteiger partial charge in [-0.15, -0.1) is 0 Å². The summed E-state index contributed by atoms with van der Waals surface area (Å²) in [5.41, 5.74) is 2.59. The van der Waals surface area contributed by atoms with Crippen LogP contribution in [0.15, 0.2) is 58.4 Å². The second kappa shape index (κ2) is 6.98. The number of nitrogens with zero attached hydrogens (tertiary/aromatic N) is 2. The van der Waals surface area contributed by atoms with Crippen molar-refractivity contribution >= 4 is 11.5 Å². The first-order valence-electron chi connectivity index (χ1n) is 10.6. The van der Waals surface area contributed by atoms with Crippen LogP contribution in [-0.4, -0.2) is 35.4 Å². The summed E-state index contributed by atoms with van der Waals surface area (Å²) in [6, 6.07) is 7.03. The third kappa shape index (κ3) is 2.71. The van der Waals surface area contributed by atoms with Crippen LogP contribution in [0.25, 0.3) is 11.5 Å². The van der Waals surface area contributed by atoms with E-state index in [0.717, 1.165) is 5.56 Å². The second-order valence-corrected chi connectivity index (χ2v) is 8.37. The molecule has 0 bridgehead atoms. The summed E-state index contributed by atoms with van der Waals surface area (Å²) in [6.45, 7) is 1.20. The highest BCUT2D eigenvalue weighted by Gasteiger charge is 2.42. The molecule has 1 unspecified atom stereocenters. The van der Waals surface area contributed by atoms with Gasteiger partial charge in [0.2, 0.25) is 6.79 Å². The summed E-state index contributed by atoms with van der Waals surface area (Å²) in [5.74, 6) is 0.346. The van der Waals surface area contributed by atoms with E-state index in [1.54, 1.807) is 18.0 Å². The minimum Gasteiger partial charge on any atom is -0.454 e. The molecule has 0 saturated carbocycles. The largest absolute Gasteiger partial charge is 0.454 e. The van der Waals surface area contributed by atoms with Crippen molar-refractivity contribution < 1.29 is 18.3 Å². The molecule has 2 aromatic rings. The quantitative estimate of drug-likeness (QED) is 0.748. The molecule has 3 aliphatic heterocycles. The van der Waals surface area contributed by atoms with E-state index in [1.807, 2.05) is 18.2 Å². The fourth-order valence-electron chi connectivity index (χ4n) is 5.00. The summed E-state index contributed by atoms with van der Waals surface area (Å²) in [4.78, 5) is 14.6. The number of ether oxygens (including phenoxy) is 2. The highest BCUT2D eigenvalue weighted by molar-refractivity contribution is 5.86. The van der Waals surface area contributed by atoms with Gasteiger partial charge in [0, 0.05) is 43.0 Å². The molecule has 1 atom stereocenters. The highest BCUT2D eigenvalue weighted by Crippen LogP contribution is 2.45. The highest BCUT2D eigenvalue weighted by atomic mass is 19.1. The Morgan fingerprint density at radius 2 is 2.03 bits per heavy atom. The molecular weight excluding hydrogens is 416 g/mol. The van der Waals surface area contributed by atoms with Crippen molar-refractivity contribution in [3.05, 3.63) is 80.7 Å². The Labute approximate surface area is 183 Å². The lowest BCUT2D eigenvalue weighted by atomic mass is 9.92. The van der Waals surface area contributed by atoms with Crippen LogP contribution in [0.2, 0.25) is 0 Å². The second-order valence-electron chi connectivity index (χ2n) is 8.37. The van der Waals surface area contributed by atoms with E-state index >= 15 is 8.78 Å². The van der Waals surface area contributed by atoms with E-state index in [0.29, 0.717) is 48.7 Å². The van der Waals surface area contributed by atoms with Crippen LogP contribution < -0.4 is 20.3 Å². The SMILES string of the molecule is Cn1ccc2c(c1=O)C1=C3C(=C(F)N(CCc4ccc5c(c4)OCO5)C3CCN1)C=C2F. The number of benzene rings is 1. The average molecular weight is 437 g/mol. The number of halogens is 2. The Balaban J connectivity index is 1.40. The van der Waals surface area contributed by atoms with Gasteiger partial charge in [-0.2, -0.15) is 4.39 Å². The molecule has 6 rings (SSSR count). The number of allylic oxidation sites excluding steroid dienone is 1. The monoisotopic (exact) mass is 437 g/mol. The number of rotatable bonds is 3. The molecule has 0 spiro atoms. The van der Waals surface area contributed by atoms with E-state index in [9.17, 15) is 4.79 Å². The van der Waals surface area contributed by atoms with Gasteiger partial charge in [0.1, 0.15) is 5.83 Å². The number of pyridine rings is 1. The van der Waals surface area contributed by atoms with Gasteiger partial charge in [0.15, 0.2) is 17.4 Å². The van der Waals surface area contributed by atoms with Crippen LogP contribution in [0, 0.1) is 0 Å². The summed E-state index contributed by atoms with van der Waals surface area (Å²) < 4.78 is 43.0. The fourth-order valence-corrected chi connectivity index (χ4v) is 5.00. The van der Waals surface area contributed by atoms with Gasteiger partial charge >= 0.3 is 0 Å². The molecule has 4 heterocycles. The number of hydrogen-bond donors (Lipinski definition) is 1. The zero-order valence-corrected chi connectivity index (χ0v) is 17.5. The minimum absolute atomic E-state index is 0.199. The van der Waals surface area contributed by atoms with Crippen molar-refractivity contribution in [1.82, 2.24) is 14.8 Å². The van der Waals surface area contributed by atoms with Crippen molar-refractivity contribution in [3.8, 4) is 11.5 Å². The van der Waals surface area contributed by atoms with Crippen LogP contribution in [0.4, 0.5) is 8.78 Å². The molecule has 1 aliphatic carbocycles. The summed E-state index contributed by atoms with van der Waals surface area (Å²) in [6.07, 6.45) is 4.02. The third-order valence-electron chi connectivity index (χ3n) is 6.59. The first kappa shape index (κ1) is 19.2. The van der Waals surface area contributed by atoms with Crippen molar-refractivity contribution in [1.29, 1.82) is 0 Å². The van der Waals surface area contributed by atoms with Gasteiger partial charge in [0.25, 0.3) is 5.56 Å². The first-order chi connectivity index (χ1) is 15.5. The minimum atomic E-state index is -0.601. The molecule has 1 aromatic heterocycles.